The lowest BCUT2D eigenvalue weighted by molar-refractivity contribution is 0.0529. The molecule has 0 aliphatic rings. The van der Waals surface area contributed by atoms with Crippen molar-refractivity contribution in [1.82, 2.24) is 0 Å². The van der Waals surface area contributed by atoms with E-state index in [2.05, 4.69) is 0 Å². The van der Waals surface area contributed by atoms with Crippen LogP contribution in [0.3, 0.4) is 0 Å². The maximum absolute atomic E-state index is 11.9. The van der Waals surface area contributed by atoms with Gasteiger partial charge in [-0.3, -0.25) is 0 Å². The largest absolute Gasteiger partial charge is 0.461 e. The van der Waals surface area contributed by atoms with E-state index in [9.17, 15) is 4.79 Å². The number of aryl methyl sites for hydroxylation is 1. The highest BCUT2D eigenvalue weighted by Crippen LogP contribution is 2.17. The number of nitrogen functional groups attached to an aromatic ring is 1. The van der Waals surface area contributed by atoms with Crippen LogP contribution in [0.5, 0.6) is 0 Å². The van der Waals surface area contributed by atoms with Gasteiger partial charge >= 0.3 is 5.97 Å². The van der Waals surface area contributed by atoms with Crippen molar-refractivity contribution in [3.05, 3.63) is 59.7 Å². The van der Waals surface area contributed by atoms with Crippen molar-refractivity contribution in [1.29, 1.82) is 0 Å². The lowest BCUT2D eigenvalue weighted by Crippen LogP contribution is -2.09. The van der Waals surface area contributed by atoms with Crippen molar-refractivity contribution in [3.8, 4) is 0 Å². The van der Waals surface area contributed by atoms with Crippen LogP contribution in [0.1, 0.15) is 15.9 Å². The number of esters is 1. The Morgan fingerprint density at radius 2 is 1.95 bits per heavy atom. The molecule has 2 aromatic carbocycles. The van der Waals surface area contributed by atoms with Crippen molar-refractivity contribution >= 4 is 23.4 Å². The monoisotopic (exact) mass is 287 g/mol. The summed E-state index contributed by atoms with van der Waals surface area (Å²) in [6.45, 7) is 2.24. The Hall–Kier alpha value is -1.94. The van der Waals surface area contributed by atoms with Crippen LogP contribution in [0.2, 0.25) is 0 Å². The van der Waals surface area contributed by atoms with Gasteiger partial charge in [0.15, 0.2) is 0 Å². The fourth-order valence-electron chi connectivity index (χ4n) is 1.80. The topological polar surface area (TPSA) is 52.3 Å². The van der Waals surface area contributed by atoms with Crippen LogP contribution < -0.4 is 5.73 Å². The minimum atomic E-state index is -0.295. The Labute approximate surface area is 123 Å². The van der Waals surface area contributed by atoms with Gasteiger partial charge in [0.05, 0.1) is 5.56 Å². The molecule has 4 heteroatoms. The molecule has 0 bridgehead atoms. The van der Waals surface area contributed by atoms with Gasteiger partial charge in [0.25, 0.3) is 0 Å². The Morgan fingerprint density at radius 3 is 2.65 bits per heavy atom. The molecule has 0 amide bonds. The van der Waals surface area contributed by atoms with Crippen LogP contribution in [0.15, 0.2) is 53.4 Å². The van der Waals surface area contributed by atoms with Crippen LogP contribution in [0, 0.1) is 6.92 Å². The highest BCUT2D eigenvalue weighted by Gasteiger charge is 2.10. The minimum Gasteiger partial charge on any atom is -0.461 e. The van der Waals surface area contributed by atoms with Gasteiger partial charge in [0.2, 0.25) is 0 Å². The summed E-state index contributed by atoms with van der Waals surface area (Å²) in [5.74, 6) is 0.445. The minimum absolute atomic E-state index is 0.295. The summed E-state index contributed by atoms with van der Waals surface area (Å²) in [5.41, 5.74) is 7.72. The van der Waals surface area contributed by atoms with E-state index < -0.39 is 0 Å². The van der Waals surface area contributed by atoms with Crippen LogP contribution in [0.4, 0.5) is 5.69 Å². The quantitative estimate of drug-likeness (QED) is 0.395. The number of carbonyl (C=O) groups is 1. The molecule has 2 N–H and O–H groups in total. The molecule has 3 nitrogen and oxygen atoms in total. The highest BCUT2D eigenvalue weighted by atomic mass is 32.2. The van der Waals surface area contributed by atoms with Gasteiger partial charge in [-0.1, -0.05) is 18.2 Å². The molecule has 0 fully saturated rings. The first-order valence-corrected chi connectivity index (χ1v) is 7.36. The van der Waals surface area contributed by atoms with Gasteiger partial charge in [-0.2, -0.15) is 0 Å². The molecule has 0 unspecified atom stereocenters. The van der Waals surface area contributed by atoms with E-state index in [1.165, 1.54) is 4.90 Å². The van der Waals surface area contributed by atoms with E-state index in [0.717, 1.165) is 11.3 Å². The van der Waals surface area contributed by atoms with Gasteiger partial charge in [0, 0.05) is 16.3 Å². The van der Waals surface area contributed by atoms with Crippen molar-refractivity contribution in [2.45, 2.75) is 11.8 Å². The van der Waals surface area contributed by atoms with Crippen molar-refractivity contribution in [2.24, 2.45) is 0 Å². The third-order valence-electron chi connectivity index (χ3n) is 2.80. The third-order valence-corrected chi connectivity index (χ3v) is 3.78. The molecule has 0 aliphatic heterocycles. The average molecular weight is 287 g/mol. The maximum atomic E-state index is 11.9. The normalized spacial score (nSPS) is 10.2. The zero-order valence-corrected chi connectivity index (χ0v) is 12.2. The summed E-state index contributed by atoms with van der Waals surface area (Å²) in [7, 11) is 0. The Morgan fingerprint density at radius 1 is 1.20 bits per heavy atom. The van der Waals surface area contributed by atoms with Crippen LogP contribution in [-0.4, -0.2) is 18.3 Å². The van der Waals surface area contributed by atoms with Crippen LogP contribution >= 0.6 is 11.8 Å². The second-order valence-electron chi connectivity index (χ2n) is 4.37. The van der Waals surface area contributed by atoms with Crippen molar-refractivity contribution in [3.63, 3.8) is 0 Å². The van der Waals surface area contributed by atoms with Gasteiger partial charge in [-0.15, -0.1) is 11.8 Å². The van der Waals surface area contributed by atoms with E-state index in [1.54, 1.807) is 30.0 Å². The molecule has 0 saturated heterocycles. The van der Waals surface area contributed by atoms with Gasteiger partial charge in [-0.25, -0.2) is 4.79 Å². The predicted molar refractivity (Wildman–Crippen MR) is 83.0 cm³/mol. The van der Waals surface area contributed by atoms with Crippen molar-refractivity contribution < 1.29 is 9.53 Å². The Bertz CT molecular complexity index is 584. The van der Waals surface area contributed by atoms with Gasteiger partial charge in [-0.05, 0) is 42.8 Å². The number of thioether (sulfide) groups is 1. The smallest absolute Gasteiger partial charge is 0.338 e. The van der Waals surface area contributed by atoms with E-state index in [-0.39, 0.29) is 5.97 Å². The number of ether oxygens (including phenoxy) is 1. The first-order valence-electron chi connectivity index (χ1n) is 6.38. The van der Waals surface area contributed by atoms with Crippen molar-refractivity contribution in [2.75, 3.05) is 18.1 Å². The summed E-state index contributed by atoms with van der Waals surface area (Å²) in [6.07, 6.45) is 0. The lowest BCUT2D eigenvalue weighted by Gasteiger charge is -2.07. The first kappa shape index (κ1) is 14.5. The zero-order valence-electron chi connectivity index (χ0n) is 11.3. The first-order chi connectivity index (χ1) is 9.66. The number of carbonyl (C=O) groups excluding carboxylic acids is 1. The predicted octanol–water partition coefficient (Wildman–Crippen LogP) is 3.53. The van der Waals surface area contributed by atoms with Crippen LogP contribution in [0.25, 0.3) is 0 Å². The van der Waals surface area contributed by atoms with E-state index in [1.807, 2.05) is 37.3 Å². The van der Waals surface area contributed by atoms with E-state index >= 15 is 0 Å². The summed E-state index contributed by atoms with van der Waals surface area (Å²) >= 11 is 1.67. The molecule has 0 aromatic heterocycles. The molecule has 2 aromatic rings. The van der Waals surface area contributed by atoms with E-state index in [0.29, 0.717) is 17.9 Å². The fraction of sp³-hybridized carbons (Fsp3) is 0.188. The lowest BCUT2D eigenvalue weighted by atomic mass is 10.1. The molecular weight excluding hydrogens is 270 g/mol. The number of nitrogens with two attached hydrogens (primary N) is 1. The number of benzene rings is 2. The second kappa shape index (κ2) is 7.01. The molecule has 0 saturated carbocycles. The summed E-state index contributed by atoms with van der Waals surface area (Å²) in [5, 5.41) is 0. The highest BCUT2D eigenvalue weighted by molar-refractivity contribution is 7.99. The Balaban J connectivity index is 1.80. The molecule has 0 heterocycles. The number of hydrogen-bond acceptors (Lipinski definition) is 4. The summed E-state index contributed by atoms with van der Waals surface area (Å²) in [6, 6.07) is 15.2. The molecular formula is C16H17NO2S. The summed E-state index contributed by atoms with van der Waals surface area (Å²) < 4.78 is 5.27. The molecule has 0 spiro atoms. The maximum Gasteiger partial charge on any atom is 0.338 e. The number of hydrogen-bond donors (Lipinski definition) is 1. The average Bonchev–Trinajstić information content (AvgIpc) is 2.44. The fourth-order valence-corrected chi connectivity index (χ4v) is 2.56. The Kier molecular flexibility index (Phi) is 5.07. The number of rotatable bonds is 5. The molecule has 0 radical (unpaired) electrons. The van der Waals surface area contributed by atoms with E-state index in [4.69, 9.17) is 10.5 Å². The summed E-state index contributed by atoms with van der Waals surface area (Å²) in [4.78, 5) is 13.1. The molecule has 0 atom stereocenters. The number of anilines is 1. The molecule has 104 valence electrons. The van der Waals surface area contributed by atoms with Gasteiger partial charge < -0.3 is 10.5 Å². The molecule has 0 aliphatic carbocycles. The van der Waals surface area contributed by atoms with Gasteiger partial charge in [0.1, 0.15) is 6.61 Å². The standard InChI is InChI=1S/C16H17NO2S/c1-12-11-13(17)7-8-15(12)16(18)19-9-10-20-14-5-3-2-4-6-14/h2-8,11H,9-10,17H2,1H3. The molecule has 2 rings (SSSR count). The SMILES string of the molecule is Cc1cc(N)ccc1C(=O)OCCSc1ccccc1. The van der Waals surface area contributed by atoms with Crippen LogP contribution in [-0.2, 0) is 4.74 Å². The molecule has 20 heavy (non-hydrogen) atoms. The zero-order chi connectivity index (χ0) is 14.4. The second-order valence-corrected chi connectivity index (χ2v) is 5.54. The third kappa shape index (κ3) is 4.03.